The Morgan fingerprint density at radius 2 is 1.52 bits per heavy atom. The van der Waals surface area contributed by atoms with Crippen LogP contribution in [0.1, 0.15) is 37.7 Å². The van der Waals surface area contributed by atoms with Crippen LogP contribution >= 0.6 is 12.2 Å². The predicted octanol–water partition coefficient (Wildman–Crippen LogP) is 2.46. The summed E-state index contributed by atoms with van der Waals surface area (Å²) >= 11 is 5.10. The van der Waals surface area contributed by atoms with E-state index in [4.69, 9.17) is 12.2 Å². The molecule has 6 heteroatoms. The Bertz CT molecular complexity index is 712. The fraction of sp³-hybridized carbons (Fsp3) is 0.471. The zero-order valence-corrected chi connectivity index (χ0v) is 15.5. The number of amides is 2. The van der Waals surface area contributed by atoms with Crippen molar-refractivity contribution >= 4 is 35.2 Å². The first kappa shape index (κ1) is 17.4. The minimum absolute atomic E-state index is 0.0688. The van der Waals surface area contributed by atoms with Crippen LogP contribution in [0.3, 0.4) is 0 Å². The van der Waals surface area contributed by atoms with Crippen LogP contribution in [0.25, 0.3) is 6.08 Å². The predicted molar refractivity (Wildman–Crippen MR) is 95.0 cm³/mol. The molecule has 23 heavy (non-hydrogen) atoms. The smallest absolute Gasteiger partial charge is 0.265 e. The Labute approximate surface area is 142 Å². The highest BCUT2D eigenvalue weighted by atomic mass is 32.1. The number of aromatic nitrogens is 1. The maximum absolute atomic E-state index is 12.4. The molecule has 0 N–H and O–H groups in total. The Morgan fingerprint density at radius 1 is 1.04 bits per heavy atom. The van der Waals surface area contributed by atoms with Crippen molar-refractivity contribution in [3.8, 4) is 0 Å². The van der Waals surface area contributed by atoms with Crippen LogP contribution in [0.5, 0.6) is 0 Å². The van der Waals surface area contributed by atoms with Crippen LogP contribution in [-0.4, -0.2) is 45.4 Å². The first-order valence-corrected chi connectivity index (χ1v) is 7.88. The van der Waals surface area contributed by atoms with Crippen molar-refractivity contribution in [2.45, 2.75) is 40.2 Å². The lowest BCUT2D eigenvalue weighted by Crippen LogP contribution is -2.52. The number of carbonyl (C=O) groups is 2. The first-order valence-electron chi connectivity index (χ1n) is 7.48. The van der Waals surface area contributed by atoms with Gasteiger partial charge in [0.05, 0.1) is 0 Å². The second-order valence-electron chi connectivity index (χ2n) is 6.90. The zero-order chi connectivity index (χ0) is 17.7. The summed E-state index contributed by atoms with van der Waals surface area (Å²) in [6.45, 7) is 10.4. The van der Waals surface area contributed by atoms with Crippen molar-refractivity contribution in [2.75, 3.05) is 14.1 Å². The van der Waals surface area contributed by atoms with Crippen LogP contribution in [0.2, 0.25) is 0 Å². The number of nitrogens with zero attached hydrogens (tertiary/aromatic N) is 3. The summed E-state index contributed by atoms with van der Waals surface area (Å²) in [6, 6.07) is 2.00. The summed E-state index contributed by atoms with van der Waals surface area (Å²) in [5.41, 5.74) is 3.07. The van der Waals surface area contributed by atoms with Crippen molar-refractivity contribution < 1.29 is 9.59 Å². The van der Waals surface area contributed by atoms with Gasteiger partial charge < -0.3 is 4.57 Å². The summed E-state index contributed by atoms with van der Waals surface area (Å²) in [6.07, 6.45) is 1.67. The molecule has 0 bridgehead atoms. The molecule has 2 rings (SSSR count). The molecule has 2 amide bonds. The number of rotatable bonds is 1. The van der Waals surface area contributed by atoms with E-state index in [1.54, 1.807) is 20.2 Å². The Kier molecular flexibility index (Phi) is 4.24. The molecule has 0 aliphatic carbocycles. The quantitative estimate of drug-likeness (QED) is 0.450. The van der Waals surface area contributed by atoms with Gasteiger partial charge in [-0.05, 0) is 64.5 Å². The molecule has 1 aliphatic rings. The van der Waals surface area contributed by atoms with Gasteiger partial charge in [-0.3, -0.25) is 19.4 Å². The normalized spacial score (nSPS) is 16.5. The molecule has 5 nitrogen and oxygen atoms in total. The van der Waals surface area contributed by atoms with Crippen molar-refractivity contribution in [1.82, 2.24) is 14.4 Å². The standard InChI is InChI=1S/C17H23N3O2S/c1-10-8-12(11(2)20(10)17(3,4)5)9-13-14(21)18(6)16(23)19(7)15(13)22/h8-9H,1-7H3. The van der Waals surface area contributed by atoms with Gasteiger partial charge in [-0.15, -0.1) is 0 Å². The van der Waals surface area contributed by atoms with Gasteiger partial charge in [0.25, 0.3) is 11.8 Å². The molecule has 1 aromatic rings. The Morgan fingerprint density at radius 3 is 1.91 bits per heavy atom. The molecule has 1 saturated heterocycles. The fourth-order valence-electron chi connectivity index (χ4n) is 3.10. The molecule has 0 radical (unpaired) electrons. The van der Waals surface area contributed by atoms with Gasteiger partial charge in [0.2, 0.25) is 0 Å². The summed E-state index contributed by atoms with van der Waals surface area (Å²) in [5.74, 6) is -0.725. The van der Waals surface area contributed by atoms with E-state index in [2.05, 4.69) is 25.3 Å². The second kappa shape index (κ2) is 5.60. The van der Waals surface area contributed by atoms with Crippen LogP contribution in [0, 0.1) is 13.8 Å². The summed E-state index contributed by atoms with van der Waals surface area (Å²) in [4.78, 5) is 27.5. The Hall–Kier alpha value is -1.95. The molecule has 1 aliphatic heterocycles. The molecule has 124 valence electrons. The molecule has 1 aromatic heterocycles. The van der Waals surface area contributed by atoms with E-state index >= 15 is 0 Å². The van der Waals surface area contributed by atoms with E-state index in [0.29, 0.717) is 0 Å². The molecule has 0 spiro atoms. The van der Waals surface area contributed by atoms with Gasteiger partial charge in [-0.2, -0.15) is 0 Å². The van der Waals surface area contributed by atoms with Crippen LogP contribution < -0.4 is 0 Å². The van der Waals surface area contributed by atoms with E-state index in [-0.39, 0.29) is 28.0 Å². The lowest BCUT2D eigenvalue weighted by atomic mass is 10.1. The lowest BCUT2D eigenvalue weighted by Gasteiger charge is -2.31. The number of likely N-dealkylation sites (N-methyl/N-ethyl adjacent to an activating group) is 2. The maximum Gasteiger partial charge on any atom is 0.265 e. The van der Waals surface area contributed by atoms with Gasteiger partial charge in [0.15, 0.2) is 5.11 Å². The van der Waals surface area contributed by atoms with Crippen molar-refractivity contribution in [2.24, 2.45) is 0 Å². The van der Waals surface area contributed by atoms with Crippen molar-refractivity contribution in [3.05, 3.63) is 28.6 Å². The van der Waals surface area contributed by atoms with Crippen molar-refractivity contribution in [3.63, 3.8) is 0 Å². The molecule has 0 unspecified atom stereocenters. The lowest BCUT2D eigenvalue weighted by molar-refractivity contribution is -0.132. The Balaban J connectivity index is 2.56. The number of aryl methyl sites for hydroxylation is 1. The average Bonchev–Trinajstić information content (AvgIpc) is 2.73. The molecular weight excluding hydrogens is 310 g/mol. The summed E-state index contributed by atoms with van der Waals surface area (Å²) in [5, 5.41) is 0.220. The second-order valence-corrected chi connectivity index (χ2v) is 7.27. The molecule has 0 saturated carbocycles. The highest BCUT2D eigenvalue weighted by molar-refractivity contribution is 7.80. The summed E-state index contributed by atoms with van der Waals surface area (Å²) < 4.78 is 2.20. The average molecular weight is 333 g/mol. The molecular formula is C17H23N3O2S. The number of hydrogen-bond donors (Lipinski definition) is 0. The van der Waals surface area contributed by atoms with Gasteiger partial charge in [-0.25, -0.2) is 0 Å². The number of carbonyl (C=O) groups excluding carboxylic acids is 2. The highest BCUT2D eigenvalue weighted by Crippen LogP contribution is 2.27. The fourth-order valence-corrected chi connectivity index (χ4v) is 3.26. The first-order chi connectivity index (χ1) is 10.5. The van der Waals surface area contributed by atoms with Gasteiger partial charge in [-0.1, -0.05) is 0 Å². The third-order valence-electron chi connectivity index (χ3n) is 4.08. The summed E-state index contributed by atoms with van der Waals surface area (Å²) in [7, 11) is 3.17. The minimum Gasteiger partial charge on any atom is -0.343 e. The van der Waals surface area contributed by atoms with Crippen LogP contribution in [0.15, 0.2) is 11.6 Å². The SMILES string of the molecule is Cc1cc(C=C2C(=O)N(C)C(=S)N(C)C2=O)c(C)n1C(C)(C)C. The maximum atomic E-state index is 12.4. The zero-order valence-electron chi connectivity index (χ0n) is 14.7. The molecule has 2 heterocycles. The third-order valence-corrected chi connectivity index (χ3v) is 4.63. The van der Waals surface area contributed by atoms with E-state index in [0.717, 1.165) is 17.0 Å². The van der Waals surface area contributed by atoms with E-state index in [1.165, 1.54) is 9.80 Å². The largest absolute Gasteiger partial charge is 0.343 e. The van der Waals surface area contributed by atoms with Crippen LogP contribution in [0.4, 0.5) is 0 Å². The van der Waals surface area contributed by atoms with E-state index < -0.39 is 0 Å². The number of hydrogen-bond acceptors (Lipinski definition) is 3. The topological polar surface area (TPSA) is 45.6 Å². The molecule has 0 aromatic carbocycles. The van der Waals surface area contributed by atoms with E-state index in [9.17, 15) is 9.59 Å². The van der Waals surface area contributed by atoms with Gasteiger partial charge in [0.1, 0.15) is 5.57 Å². The highest BCUT2D eigenvalue weighted by Gasteiger charge is 2.35. The van der Waals surface area contributed by atoms with Crippen molar-refractivity contribution in [1.29, 1.82) is 0 Å². The number of thiocarbonyl (C=S) groups is 1. The molecule has 0 atom stereocenters. The minimum atomic E-state index is -0.362. The van der Waals surface area contributed by atoms with Gasteiger partial charge >= 0.3 is 0 Å². The van der Waals surface area contributed by atoms with Crippen LogP contribution in [-0.2, 0) is 15.1 Å². The van der Waals surface area contributed by atoms with E-state index in [1.807, 2.05) is 19.9 Å². The molecule has 1 fully saturated rings. The third kappa shape index (κ3) is 2.83. The monoisotopic (exact) mass is 333 g/mol. The van der Waals surface area contributed by atoms with Gasteiger partial charge in [0, 0.05) is 31.0 Å².